The summed E-state index contributed by atoms with van der Waals surface area (Å²) < 4.78 is 2.26. The van der Waals surface area contributed by atoms with Gasteiger partial charge < -0.3 is 9.88 Å². The highest BCUT2D eigenvalue weighted by Gasteiger charge is 2.00. The van der Waals surface area contributed by atoms with Crippen molar-refractivity contribution in [3.63, 3.8) is 0 Å². The van der Waals surface area contributed by atoms with Crippen molar-refractivity contribution in [2.75, 3.05) is 5.32 Å². The predicted molar refractivity (Wildman–Crippen MR) is 73.3 cm³/mol. The monoisotopic (exact) mass is 228 g/mol. The Kier molecular flexibility index (Phi) is 3.52. The minimum atomic E-state index is 0.878. The molecule has 0 saturated heterocycles. The lowest BCUT2D eigenvalue weighted by molar-refractivity contribution is 0.724. The molecule has 0 atom stereocenters. The van der Waals surface area contributed by atoms with Crippen LogP contribution < -0.4 is 5.32 Å². The molecule has 0 radical (unpaired) electrons. The van der Waals surface area contributed by atoms with Gasteiger partial charge in [0.15, 0.2) is 0 Å². The van der Waals surface area contributed by atoms with Crippen LogP contribution in [-0.4, -0.2) is 4.57 Å². The molecule has 1 N–H and O–H groups in total. The van der Waals surface area contributed by atoms with Gasteiger partial charge in [0.05, 0.1) is 6.54 Å². The molecule has 17 heavy (non-hydrogen) atoms. The molecular formula is C15H20N2. The van der Waals surface area contributed by atoms with Crippen LogP contribution in [0.4, 0.5) is 5.69 Å². The summed E-state index contributed by atoms with van der Waals surface area (Å²) in [5, 5.41) is 3.47. The number of aromatic nitrogens is 1. The van der Waals surface area contributed by atoms with Gasteiger partial charge in [-0.3, -0.25) is 0 Å². The van der Waals surface area contributed by atoms with Crippen molar-refractivity contribution in [3.8, 4) is 0 Å². The Bertz CT molecular complexity index is 497. The van der Waals surface area contributed by atoms with Crippen molar-refractivity contribution < 1.29 is 0 Å². The van der Waals surface area contributed by atoms with Crippen LogP contribution in [0.1, 0.15) is 23.7 Å². The van der Waals surface area contributed by atoms with E-state index in [1.165, 1.54) is 22.5 Å². The number of hydrogen-bond acceptors (Lipinski definition) is 1. The number of anilines is 1. The molecule has 0 saturated carbocycles. The quantitative estimate of drug-likeness (QED) is 0.843. The van der Waals surface area contributed by atoms with E-state index in [0.29, 0.717) is 0 Å². The van der Waals surface area contributed by atoms with Crippen LogP contribution >= 0.6 is 0 Å². The first kappa shape index (κ1) is 11.8. The van der Waals surface area contributed by atoms with E-state index < -0.39 is 0 Å². The zero-order valence-corrected chi connectivity index (χ0v) is 10.8. The number of nitrogens with one attached hydrogen (secondary N) is 1. The maximum absolute atomic E-state index is 3.47. The maximum Gasteiger partial charge on any atom is 0.0553 e. The molecule has 2 nitrogen and oxygen atoms in total. The topological polar surface area (TPSA) is 17.0 Å². The van der Waals surface area contributed by atoms with Gasteiger partial charge in [0, 0.05) is 24.1 Å². The molecule has 0 aliphatic rings. The number of rotatable bonds is 4. The molecule has 1 aromatic heterocycles. The summed E-state index contributed by atoms with van der Waals surface area (Å²) in [4.78, 5) is 0. The molecule has 0 aliphatic heterocycles. The summed E-state index contributed by atoms with van der Waals surface area (Å²) >= 11 is 0. The van der Waals surface area contributed by atoms with E-state index in [-0.39, 0.29) is 0 Å². The predicted octanol–water partition coefficient (Wildman–Crippen LogP) is 3.74. The third-order valence-electron chi connectivity index (χ3n) is 3.24. The average Bonchev–Trinajstić information content (AvgIpc) is 2.78. The first-order valence-corrected chi connectivity index (χ1v) is 6.16. The Morgan fingerprint density at radius 1 is 1.12 bits per heavy atom. The third-order valence-corrected chi connectivity index (χ3v) is 3.24. The van der Waals surface area contributed by atoms with Crippen LogP contribution in [-0.2, 0) is 13.1 Å². The summed E-state index contributed by atoms with van der Waals surface area (Å²) in [6.45, 7) is 8.36. The first-order valence-electron chi connectivity index (χ1n) is 6.16. The number of hydrogen-bond donors (Lipinski definition) is 1. The lowest BCUT2D eigenvalue weighted by Gasteiger charge is -2.10. The van der Waals surface area contributed by atoms with E-state index in [4.69, 9.17) is 0 Å². The van der Waals surface area contributed by atoms with E-state index in [9.17, 15) is 0 Å². The lowest BCUT2D eigenvalue weighted by Crippen LogP contribution is -2.06. The molecule has 2 heteroatoms. The van der Waals surface area contributed by atoms with Crippen LogP contribution in [0.3, 0.4) is 0 Å². The van der Waals surface area contributed by atoms with Gasteiger partial charge in [0.25, 0.3) is 0 Å². The van der Waals surface area contributed by atoms with Gasteiger partial charge in [0.2, 0.25) is 0 Å². The number of benzene rings is 1. The van der Waals surface area contributed by atoms with Crippen molar-refractivity contribution in [1.82, 2.24) is 4.57 Å². The minimum absolute atomic E-state index is 0.878. The highest BCUT2D eigenvalue weighted by molar-refractivity contribution is 5.48. The average molecular weight is 228 g/mol. The number of nitrogens with zero attached hydrogens (tertiary/aromatic N) is 1. The van der Waals surface area contributed by atoms with Gasteiger partial charge in [-0.1, -0.05) is 6.07 Å². The minimum Gasteiger partial charge on any atom is -0.379 e. The first-order chi connectivity index (χ1) is 8.20. The largest absolute Gasteiger partial charge is 0.379 e. The highest BCUT2D eigenvalue weighted by Crippen LogP contribution is 2.15. The smallest absolute Gasteiger partial charge is 0.0553 e. The molecule has 0 fully saturated rings. The molecule has 2 aromatic rings. The summed E-state index contributed by atoms with van der Waals surface area (Å²) in [7, 11) is 0. The van der Waals surface area contributed by atoms with Gasteiger partial charge in [-0.15, -0.1) is 0 Å². The number of aryl methyl sites for hydroxylation is 3. The second kappa shape index (κ2) is 5.09. The van der Waals surface area contributed by atoms with Crippen molar-refractivity contribution in [2.24, 2.45) is 0 Å². The Balaban J connectivity index is 2.05. The zero-order chi connectivity index (χ0) is 12.3. The van der Waals surface area contributed by atoms with Crippen molar-refractivity contribution >= 4 is 5.69 Å². The highest BCUT2D eigenvalue weighted by atomic mass is 15.0. The fraction of sp³-hybridized carbons (Fsp3) is 0.333. The third kappa shape index (κ3) is 2.70. The molecule has 0 spiro atoms. The van der Waals surface area contributed by atoms with Crippen LogP contribution in [0.2, 0.25) is 0 Å². The molecule has 90 valence electrons. The van der Waals surface area contributed by atoms with Crippen LogP contribution in [0, 0.1) is 13.8 Å². The van der Waals surface area contributed by atoms with Gasteiger partial charge in [0.1, 0.15) is 0 Å². The van der Waals surface area contributed by atoms with E-state index in [1.54, 1.807) is 0 Å². The van der Waals surface area contributed by atoms with E-state index in [2.05, 4.69) is 67.2 Å². The van der Waals surface area contributed by atoms with Gasteiger partial charge >= 0.3 is 0 Å². The Morgan fingerprint density at radius 3 is 2.65 bits per heavy atom. The summed E-state index contributed by atoms with van der Waals surface area (Å²) in [5.41, 5.74) is 5.19. The maximum atomic E-state index is 3.47. The fourth-order valence-electron chi connectivity index (χ4n) is 1.96. The Hall–Kier alpha value is -1.70. The van der Waals surface area contributed by atoms with E-state index in [0.717, 1.165) is 13.1 Å². The molecule has 0 unspecified atom stereocenters. The van der Waals surface area contributed by atoms with Crippen LogP contribution in [0.5, 0.6) is 0 Å². The lowest BCUT2D eigenvalue weighted by atomic mass is 10.1. The summed E-state index contributed by atoms with van der Waals surface area (Å²) in [5.74, 6) is 0. The Morgan fingerprint density at radius 2 is 1.94 bits per heavy atom. The fourth-order valence-corrected chi connectivity index (χ4v) is 1.96. The van der Waals surface area contributed by atoms with E-state index in [1.807, 2.05) is 0 Å². The SMILES string of the molecule is CCn1cccc1CNc1ccc(C)c(C)c1. The molecule has 0 bridgehead atoms. The van der Waals surface area contributed by atoms with Crippen LogP contribution in [0.25, 0.3) is 0 Å². The second-order valence-corrected chi connectivity index (χ2v) is 4.44. The summed E-state index contributed by atoms with van der Waals surface area (Å²) in [6.07, 6.45) is 2.12. The van der Waals surface area contributed by atoms with Crippen molar-refractivity contribution in [2.45, 2.75) is 33.9 Å². The Labute approximate surface area is 103 Å². The molecule has 1 aromatic carbocycles. The summed E-state index contributed by atoms with van der Waals surface area (Å²) in [6, 6.07) is 10.8. The van der Waals surface area contributed by atoms with Crippen molar-refractivity contribution in [1.29, 1.82) is 0 Å². The molecule has 2 rings (SSSR count). The van der Waals surface area contributed by atoms with Gasteiger partial charge in [-0.25, -0.2) is 0 Å². The molecule has 0 aliphatic carbocycles. The molecular weight excluding hydrogens is 208 g/mol. The molecule has 1 heterocycles. The normalized spacial score (nSPS) is 10.5. The van der Waals surface area contributed by atoms with Gasteiger partial charge in [-0.2, -0.15) is 0 Å². The van der Waals surface area contributed by atoms with E-state index >= 15 is 0 Å². The second-order valence-electron chi connectivity index (χ2n) is 4.44. The standard InChI is InChI=1S/C15H20N2/c1-4-17-9-5-6-15(17)11-16-14-8-7-12(2)13(3)10-14/h5-10,16H,4,11H2,1-3H3. The van der Waals surface area contributed by atoms with Crippen molar-refractivity contribution in [3.05, 3.63) is 53.3 Å². The van der Waals surface area contributed by atoms with Crippen LogP contribution in [0.15, 0.2) is 36.5 Å². The van der Waals surface area contributed by atoms with Gasteiger partial charge in [-0.05, 0) is 56.2 Å². The zero-order valence-electron chi connectivity index (χ0n) is 10.8. The molecule has 0 amide bonds.